The SMILES string of the molecule is Nc1n[nH]c(C(=O)Nc2ncc[nH]2)n1. The van der Waals surface area contributed by atoms with Crippen molar-refractivity contribution in [3.63, 3.8) is 0 Å². The molecule has 2 aromatic heterocycles. The summed E-state index contributed by atoms with van der Waals surface area (Å²) in [6.45, 7) is 0. The molecule has 8 nitrogen and oxygen atoms in total. The number of nitrogens with zero attached hydrogens (tertiary/aromatic N) is 3. The fourth-order valence-electron chi connectivity index (χ4n) is 0.877. The van der Waals surface area contributed by atoms with Gasteiger partial charge in [-0.3, -0.25) is 15.2 Å². The predicted octanol–water partition coefficient (Wildman–Crippen LogP) is -0.638. The second-order valence-corrected chi connectivity index (χ2v) is 2.43. The first kappa shape index (κ1) is 8.23. The van der Waals surface area contributed by atoms with Crippen molar-refractivity contribution in [2.24, 2.45) is 0 Å². The molecule has 72 valence electrons. The molecule has 0 saturated carbocycles. The Labute approximate surface area is 78.0 Å². The molecule has 2 heterocycles. The lowest BCUT2D eigenvalue weighted by Crippen LogP contribution is -2.14. The summed E-state index contributed by atoms with van der Waals surface area (Å²) in [5.41, 5.74) is 5.23. The molecule has 0 fully saturated rings. The van der Waals surface area contributed by atoms with E-state index in [1.807, 2.05) is 0 Å². The number of amides is 1. The molecular formula is C6H7N7O. The Hall–Kier alpha value is -2.38. The number of aromatic amines is 2. The van der Waals surface area contributed by atoms with Gasteiger partial charge in [0.2, 0.25) is 17.7 Å². The Kier molecular flexibility index (Phi) is 1.86. The van der Waals surface area contributed by atoms with Crippen LogP contribution in [0.25, 0.3) is 0 Å². The van der Waals surface area contributed by atoms with Crippen molar-refractivity contribution in [3.05, 3.63) is 18.2 Å². The Morgan fingerprint density at radius 1 is 1.57 bits per heavy atom. The minimum absolute atomic E-state index is 0.0228. The van der Waals surface area contributed by atoms with Crippen LogP contribution < -0.4 is 11.1 Å². The number of carbonyl (C=O) groups excluding carboxylic acids is 1. The highest BCUT2D eigenvalue weighted by atomic mass is 16.2. The van der Waals surface area contributed by atoms with E-state index in [2.05, 4.69) is 30.5 Å². The summed E-state index contributed by atoms with van der Waals surface area (Å²) in [6.07, 6.45) is 3.11. The second kappa shape index (κ2) is 3.17. The van der Waals surface area contributed by atoms with Crippen LogP contribution >= 0.6 is 0 Å². The molecule has 0 aliphatic carbocycles. The van der Waals surface area contributed by atoms with Crippen LogP contribution in [0.15, 0.2) is 12.4 Å². The molecule has 0 spiro atoms. The van der Waals surface area contributed by atoms with Gasteiger partial charge in [0.25, 0.3) is 5.91 Å². The van der Waals surface area contributed by atoms with Gasteiger partial charge in [0.05, 0.1) is 0 Å². The molecule has 1 amide bonds. The predicted molar refractivity (Wildman–Crippen MR) is 47.3 cm³/mol. The van der Waals surface area contributed by atoms with Crippen LogP contribution in [0.1, 0.15) is 10.6 Å². The molecule has 0 saturated heterocycles. The van der Waals surface area contributed by atoms with Crippen LogP contribution in [0.2, 0.25) is 0 Å². The summed E-state index contributed by atoms with van der Waals surface area (Å²) in [5.74, 6) is -0.0531. The molecule has 0 bridgehead atoms. The van der Waals surface area contributed by atoms with Gasteiger partial charge in [-0.2, -0.15) is 4.98 Å². The summed E-state index contributed by atoms with van der Waals surface area (Å²) in [5, 5.41) is 8.35. The van der Waals surface area contributed by atoms with Crippen LogP contribution in [0.5, 0.6) is 0 Å². The summed E-state index contributed by atoms with van der Waals surface area (Å²) in [7, 11) is 0. The summed E-state index contributed by atoms with van der Waals surface area (Å²) >= 11 is 0. The number of carbonyl (C=O) groups is 1. The number of anilines is 2. The number of rotatable bonds is 2. The van der Waals surface area contributed by atoms with Gasteiger partial charge in [-0.15, -0.1) is 5.10 Å². The van der Waals surface area contributed by atoms with Crippen molar-refractivity contribution < 1.29 is 4.79 Å². The van der Waals surface area contributed by atoms with Crippen molar-refractivity contribution in [1.82, 2.24) is 25.1 Å². The van der Waals surface area contributed by atoms with Crippen LogP contribution in [0, 0.1) is 0 Å². The number of H-pyrrole nitrogens is 2. The first-order valence-electron chi connectivity index (χ1n) is 3.74. The van der Waals surface area contributed by atoms with Crippen molar-refractivity contribution in [2.45, 2.75) is 0 Å². The second-order valence-electron chi connectivity index (χ2n) is 2.43. The molecule has 0 aliphatic heterocycles. The van der Waals surface area contributed by atoms with E-state index in [4.69, 9.17) is 5.73 Å². The molecule has 8 heteroatoms. The Morgan fingerprint density at radius 3 is 3.00 bits per heavy atom. The third-order valence-electron chi connectivity index (χ3n) is 1.45. The van der Waals surface area contributed by atoms with E-state index in [1.165, 1.54) is 6.20 Å². The fourth-order valence-corrected chi connectivity index (χ4v) is 0.877. The van der Waals surface area contributed by atoms with Crippen molar-refractivity contribution in [2.75, 3.05) is 11.1 Å². The number of nitrogens with two attached hydrogens (primary N) is 1. The standard InChI is InChI=1S/C6H7N7O/c7-5-10-3(12-13-5)4(14)11-6-8-1-2-9-6/h1-2H,(H3,7,10,12,13)(H2,8,9,11,14). The highest BCUT2D eigenvalue weighted by molar-refractivity contribution is 6.00. The first-order valence-corrected chi connectivity index (χ1v) is 3.74. The molecule has 0 unspecified atom stereocenters. The normalized spacial score (nSPS) is 10.0. The maximum atomic E-state index is 11.4. The van der Waals surface area contributed by atoms with Crippen molar-refractivity contribution >= 4 is 17.8 Å². The van der Waals surface area contributed by atoms with E-state index in [0.29, 0.717) is 5.95 Å². The Morgan fingerprint density at radius 2 is 2.43 bits per heavy atom. The van der Waals surface area contributed by atoms with Gasteiger partial charge in [0.1, 0.15) is 0 Å². The van der Waals surface area contributed by atoms with Crippen LogP contribution in [0.3, 0.4) is 0 Å². The third-order valence-corrected chi connectivity index (χ3v) is 1.45. The van der Waals surface area contributed by atoms with Gasteiger partial charge in [0, 0.05) is 12.4 Å². The lowest BCUT2D eigenvalue weighted by molar-refractivity contribution is 0.101. The van der Waals surface area contributed by atoms with Crippen LogP contribution in [-0.2, 0) is 0 Å². The maximum absolute atomic E-state index is 11.4. The van der Waals surface area contributed by atoms with Gasteiger partial charge in [0.15, 0.2) is 0 Å². The molecule has 0 aromatic carbocycles. The third kappa shape index (κ3) is 1.53. The van der Waals surface area contributed by atoms with Crippen LogP contribution in [0.4, 0.5) is 11.9 Å². The fraction of sp³-hybridized carbons (Fsp3) is 0. The summed E-state index contributed by atoms with van der Waals surface area (Å²) in [4.78, 5) is 21.5. The molecule has 0 atom stereocenters. The lowest BCUT2D eigenvalue weighted by Gasteiger charge is -1.96. The number of nitrogens with one attached hydrogen (secondary N) is 3. The maximum Gasteiger partial charge on any atom is 0.295 e. The largest absolute Gasteiger partial charge is 0.366 e. The van der Waals surface area contributed by atoms with Crippen molar-refractivity contribution in [3.8, 4) is 0 Å². The minimum atomic E-state index is -0.454. The summed E-state index contributed by atoms with van der Waals surface area (Å²) < 4.78 is 0. The summed E-state index contributed by atoms with van der Waals surface area (Å²) in [6, 6.07) is 0. The number of aromatic nitrogens is 5. The molecule has 14 heavy (non-hydrogen) atoms. The van der Waals surface area contributed by atoms with Crippen LogP contribution in [-0.4, -0.2) is 31.1 Å². The smallest absolute Gasteiger partial charge is 0.295 e. The molecule has 2 rings (SSSR count). The van der Waals surface area contributed by atoms with E-state index in [9.17, 15) is 4.79 Å². The average molecular weight is 193 g/mol. The van der Waals surface area contributed by atoms with Gasteiger partial charge >= 0.3 is 0 Å². The zero-order chi connectivity index (χ0) is 9.97. The monoisotopic (exact) mass is 193 g/mol. The molecule has 2 aromatic rings. The van der Waals surface area contributed by atoms with E-state index in [-0.39, 0.29) is 11.8 Å². The number of nitrogen functional groups attached to an aromatic ring is 1. The first-order chi connectivity index (χ1) is 6.75. The van der Waals surface area contributed by atoms with Gasteiger partial charge in [-0.05, 0) is 0 Å². The van der Waals surface area contributed by atoms with E-state index >= 15 is 0 Å². The van der Waals surface area contributed by atoms with Crippen molar-refractivity contribution in [1.29, 1.82) is 0 Å². The minimum Gasteiger partial charge on any atom is -0.366 e. The Balaban J connectivity index is 2.10. The lowest BCUT2D eigenvalue weighted by atomic mass is 10.6. The zero-order valence-corrected chi connectivity index (χ0v) is 6.98. The van der Waals surface area contributed by atoms with E-state index < -0.39 is 5.91 Å². The van der Waals surface area contributed by atoms with Gasteiger partial charge in [-0.1, -0.05) is 0 Å². The number of hydrogen-bond donors (Lipinski definition) is 4. The quantitative estimate of drug-likeness (QED) is 0.504. The van der Waals surface area contributed by atoms with Gasteiger partial charge < -0.3 is 10.7 Å². The highest BCUT2D eigenvalue weighted by Crippen LogP contribution is 1.99. The molecule has 0 radical (unpaired) electrons. The topological polar surface area (TPSA) is 125 Å². The van der Waals surface area contributed by atoms with Gasteiger partial charge in [-0.25, -0.2) is 4.98 Å². The number of hydrogen-bond acceptors (Lipinski definition) is 5. The molecule has 5 N–H and O–H groups in total. The zero-order valence-electron chi connectivity index (χ0n) is 6.98. The average Bonchev–Trinajstić information content (AvgIpc) is 2.75. The highest BCUT2D eigenvalue weighted by Gasteiger charge is 2.11. The number of imidazole rings is 1. The van der Waals surface area contributed by atoms with E-state index in [0.717, 1.165) is 0 Å². The molecular weight excluding hydrogens is 186 g/mol. The molecule has 0 aliphatic rings. The van der Waals surface area contributed by atoms with E-state index in [1.54, 1.807) is 6.20 Å². The Bertz CT molecular complexity index is 431.